The SMILES string of the molecule is CC1=C(C(C)C)OC(c2ccccc2)N1c1cc2c(cc1C)oc1ccccc12. The quantitative estimate of drug-likeness (QED) is 0.371. The van der Waals surface area contributed by atoms with E-state index in [0.717, 1.165) is 38.9 Å². The van der Waals surface area contributed by atoms with Gasteiger partial charge in [0.05, 0.1) is 5.70 Å². The molecule has 1 aromatic heterocycles. The Labute approximate surface area is 171 Å². The van der Waals surface area contributed by atoms with E-state index in [4.69, 9.17) is 9.15 Å². The van der Waals surface area contributed by atoms with Gasteiger partial charge in [0.1, 0.15) is 16.9 Å². The highest BCUT2D eigenvalue weighted by atomic mass is 16.5. The molecule has 2 heterocycles. The number of rotatable bonds is 3. The summed E-state index contributed by atoms with van der Waals surface area (Å²) in [5.41, 5.74) is 6.50. The summed E-state index contributed by atoms with van der Waals surface area (Å²) >= 11 is 0. The molecular formula is C26H25NO2. The van der Waals surface area contributed by atoms with E-state index in [9.17, 15) is 0 Å². The van der Waals surface area contributed by atoms with E-state index in [0.29, 0.717) is 5.92 Å². The van der Waals surface area contributed by atoms with Gasteiger partial charge in [-0.3, -0.25) is 0 Å². The zero-order valence-corrected chi connectivity index (χ0v) is 17.3. The summed E-state index contributed by atoms with van der Waals surface area (Å²) in [5.74, 6) is 1.38. The van der Waals surface area contributed by atoms with Gasteiger partial charge in [0.2, 0.25) is 6.23 Å². The van der Waals surface area contributed by atoms with Crippen molar-refractivity contribution < 1.29 is 9.15 Å². The molecule has 1 atom stereocenters. The molecular weight excluding hydrogens is 358 g/mol. The van der Waals surface area contributed by atoms with Gasteiger partial charge in [0, 0.05) is 27.9 Å². The lowest BCUT2D eigenvalue weighted by Crippen LogP contribution is -2.23. The van der Waals surface area contributed by atoms with Crippen LogP contribution in [0.15, 0.2) is 82.6 Å². The smallest absolute Gasteiger partial charge is 0.202 e. The maximum absolute atomic E-state index is 6.51. The molecule has 0 N–H and O–H groups in total. The average Bonchev–Trinajstić information content (AvgIpc) is 3.25. The number of hydrogen-bond acceptors (Lipinski definition) is 3. The van der Waals surface area contributed by atoms with Crippen LogP contribution < -0.4 is 4.90 Å². The molecule has 1 aliphatic heterocycles. The molecule has 0 aliphatic carbocycles. The minimum atomic E-state index is -0.164. The number of nitrogens with zero attached hydrogens (tertiary/aromatic N) is 1. The lowest BCUT2D eigenvalue weighted by atomic mass is 10.1. The lowest BCUT2D eigenvalue weighted by Gasteiger charge is -2.28. The molecule has 3 heteroatoms. The highest BCUT2D eigenvalue weighted by Crippen LogP contribution is 2.45. The van der Waals surface area contributed by atoms with Crippen molar-refractivity contribution in [1.82, 2.24) is 0 Å². The number of allylic oxidation sites excluding steroid dienone is 2. The van der Waals surface area contributed by atoms with Gasteiger partial charge in [-0.1, -0.05) is 62.4 Å². The number of ether oxygens (including phenoxy) is 1. The molecule has 5 rings (SSSR count). The van der Waals surface area contributed by atoms with Crippen molar-refractivity contribution in [3.63, 3.8) is 0 Å². The molecule has 3 aromatic carbocycles. The van der Waals surface area contributed by atoms with Crippen molar-refractivity contribution in [2.24, 2.45) is 5.92 Å². The maximum Gasteiger partial charge on any atom is 0.202 e. The predicted molar refractivity (Wildman–Crippen MR) is 119 cm³/mol. The van der Waals surface area contributed by atoms with E-state index in [1.165, 1.54) is 11.3 Å². The molecule has 0 bridgehead atoms. The molecule has 0 amide bonds. The molecule has 0 fully saturated rings. The molecule has 1 aliphatic rings. The van der Waals surface area contributed by atoms with Gasteiger partial charge in [-0.25, -0.2) is 0 Å². The normalized spacial score (nSPS) is 17.0. The second-order valence-corrected chi connectivity index (χ2v) is 8.09. The first-order chi connectivity index (χ1) is 14.0. The highest BCUT2D eigenvalue weighted by molar-refractivity contribution is 6.06. The number of aryl methyl sites for hydroxylation is 1. The van der Waals surface area contributed by atoms with Crippen molar-refractivity contribution in [3.05, 3.63) is 89.3 Å². The Morgan fingerprint density at radius 3 is 2.31 bits per heavy atom. The van der Waals surface area contributed by atoms with Crippen molar-refractivity contribution in [3.8, 4) is 0 Å². The first kappa shape index (κ1) is 17.9. The fourth-order valence-corrected chi connectivity index (χ4v) is 4.37. The number of hydrogen-bond donors (Lipinski definition) is 0. The van der Waals surface area contributed by atoms with Gasteiger partial charge >= 0.3 is 0 Å². The van der Waals surface area contributed by atoms with E-state index in [-0.39, 0.29) is 6.23 Å². The Morgan fingerprint density at radius 2 is 1.55 bits per heavy atom. The van der Waals surface area contributed by atoms with Crippen LogP contribution in [0.5, 0.6) is 0 Å². The number of para-hydroxylation sites is 1. The summed E-state index contributed by atoms with van der Waals surface area (Å²) in [4.78, 5) is 2.33. The molecule has 146 valence electrons. The van der Waals surface area contributed by atoms with Gasteiger partial charge in [-0.05, 0) is 37.6 Å². The number of furan rings is 1. The summed E-state index contributed by atoms with van der Waals surface area (Å²) in [5, 5.41) is 2.28. The van der Waals surface area contributed by atoms with Crippen molar-refractivity contribution in [2.75, 3.05) is 4.90 Å². The van der Waals surface area contributed by atoms with Crippen LogP contribution >= 0.6 is 0 Å². The standard InChI is InChI=1S/C26H25NO2/c1-16(2)25-18(4)27(26(29-25)19-10-6-5-7-11-19)22-15-21-20-12-8-9-13-23(20)28-24(21)14-17(22)3/h5-16,26H,1-4H3. The summed E-state index contributed by atoms with van der Waals surface area (Å²) in [7, 11) is 0. The fraction of sp³-hybridized carbons (Fsp3) is 0.231. The predicted octanol–water partition coefficient (Wildman–Crippen LogP) is 7.32. The van der Waals surface area contributed by atoms with E-state index in [1.54, 1.807) is 0 Å². The zero-order valence-electron chi connectivity index (χ0n) is 17.3. The Kier molecular flexibility index (Phi) is 4.13. The maximum atomic E-state index is 6.51. The number of fused-ring (bicyclic) bond motifs is 3. The van der Waals surface area contributed by atoms with Crippen molar-refractivity contribution >= 4 is 27.6 Å². The van der Waals surface area contributed by atoms with E-state index in [1.807, 2.05) is 18.2 Å². The largest absolute Gasteiger partial charge is 0.468 e. The highest BCUT2D eigenvalue weighted by Gasteiger charge is 2.35. The van der Waals surface area contributed by atoms with Crippen LogP contribution in [-0.4, -0.2) is 0 Å². The molecule has 29 heavy (non-hydrogen) atoms. The van der Waals surface area contributed by atoms with E-state index < -0.39 is 0 Å². The minimum absolute atomic E-state index is 0.164. The van der Waals surface area contributed by atoms with Crippen molar-refractivity contribution in [1.29, 1.82) is 0 Å². The summed E-state index contributed by atoms with van der Waals surface area (Å²) in [6.45, 7) is 8.67. The molecule has 4 aromatic rings. The van der Waals surface area contributed by atoms with Crippen LogP contribution in [0, 0.1) is 12.8 Å². The molecule has 0 saturated heterocycles. The van der Waals surface area contributed by atoms with Crippen LogP contribution in [0.25, 0.3) is 21.9 Å². The van der Waals surface area contributed by atoms with Crippen molar-refractivity contribution in [2.45, 2.75) is 33.9 Å². The first-order valence-electron chi connectivity index (χ1n) is 10.2. The topological polar surface area (TPSA) is 25.6 Å². The van der Waals surface area contributed by atoms with E-state index in [2.05, 4.69) is 81.1 Å². The summed E-state index contributed by atoms with van der Waals surface area (Å²) in [6, 6.07) is 23.1. The molecule has 1 unspecified atom stereocenters. The Balaban J connectivity index is 1.73. The van der Waals surface area contributed by atoms with Gasteiger partial charge in [-0.15, -0.1) is 0 Å². The van der Waals surface area contributed by atoms with Gasteiger partial charge in [0.25, 0.3) is 0 Å². The third kappa shape index (κ3) is 2.80. The van der Waals surface area contributed by atoms with Crippen LogP contribution in [0.2, 0.25) is 0 Å². The second kappa shape index (κ2) is 6.70. The monoisotopic (exact) mass is 383 g/mol. The van der Waals surface area contributed by atoms with E-state index >= 15 is 0 Å². The van der Waals surface area contributed by atoms with Gasteiger partial charge in [0.15, 0.2) is 0 Å². The van der Waals surface area contributed by atoms with Gasteiger partial charge < -0.3 is 14.1 Å². The van der Waals surface area contributed by atoms with Crippen LogP contribution in [0.1, 0.15) is 38.1 Å². The summed E-state index contributed by atoms with van der Waals surface area (Å²) in [6.07, 6.45) is -0.164. The molecule has 0 spiro atoms. The Hall–Kier alpha value is -3.20. The molecule has 0 radical (unpaired) electrons. The first-order valence-corrected chi connectivity index (χ1v) is 10.2. The lowest BCUT2D eigenvalue weighted by molar-refractivity contribution is 0.127. The van der Waals surface area contributed by atoms with Crippen LogP contribution in [0.3, 0.4) is 0 Å². The van der Waals surface area contributed by atoms with Crippen LogP contribution in [-0.2, 0) is 4.74 Å². The van der Waals surface area contributed by atoms with Gasteiger partial charge in [-0.2, -0.15) is 0 Å². The van der Waals surface area contributed by atoms with Crippen LogP contribution in [0.4, 0.5) is 5.69 Å². The molecule has 0 saturated carbocycles. The Bertz CT molecular complexity index is 1230. The second-order valence-electron chi connectivity index (χ2n) is 8.09. The third-order valence-electron chi connectivity index (χ3n) is 5.75. The average molecular weight is 383 g/mol. The third-order valence-corrected chi connectivity index (χ3v) is 5.75. The minimum Gasteiger partial charge on any atom is -0.468 e. The summed E-state index contributed by atoms with van der Waals surface area (Å²) < 4.78 is 12.6. The molecule has 3 nitrogen and oxygen atoms in total. The number of benzene rings is 3. The fourth-order valence-electron chi connectivity index (χ4n) is 4.37. The number of anilines is 1. The zero-order chi connectivity index (χ0) is 20.1. The Morgan fingerprint density at radius 1 is 0.828 bits per heavy atom.